The predicted octanol–water partition coefficient (Wildman–Crippen LogP) is 13.9. The van der Waals surface area contributed by atoms with Gasteiger partial charge in [0.2, 0.25) is 0 Å². The van der Waals surface area contributed by atoms with Gasteiger partial charge in [0.05, 0.1) is 0 Å². The normalized spacial score (nSPS) is 11.3. The SMILES string of the molecule is Cc1cccc(N(c2ccccc2)c2ccc(C=Cc3ccc(C=Cc4ccc(N(c5cccc(C)c5)c5cccc(C)c5)cc4)cc3)cc2)c1. The van der Waals surface area contributed by atoms with E-state index in [2.05, 4.69) is 231 Å². The zero-order valence-electron chi connectivity index (χ0n) is 29.4. The van der Waals surface area contributed by atoms with Gasteiger partial charge < -0.3 is 9.80 Å². The number of anilines is 6. The highest BCUT2D eigenvalue weighted by Gasteiger charge is 2.13. The van der Waals surface area contributed by atoms with Crippen LogP contribution in [0.2, 0.25) is 0 Å². The Kier molecular flexibility index (Phi) is 10.0. The lowest BCUT2D eigenvalue weighted by Gasteiger charge is -2.26. The van der Waals surface area contributed by atoms with Crippen LogP contribution in [0.15, 0.2) is 176 Å². The minimum absolute atomic E-state index is 1.13. The van der Waals surface area contributed by atoms with Crippen molar-refractivity contribution >= 4 is 58.4 Å². The molecule has 0 aromatic heterocycles. The quantitative estimate of drug-likeness (QED) is 0.135. The predicted molar refractivity (Wildman–Crippen MR) is 221 cm³/mol. The summed E-state index contributed by atoms with van der Waals surface area (Å²) in [6, 6.07) is 62.7. The Morgan fingerprint density at radius 3 is 0.882 bits per heavy atom. The Morgan fingerprint density at radius 2 is 0.549 bits per heavy atom. The van der Waals surface area contributed by atoms with Crippen molar-refractivity contribution < 1.29 is 0 Å². The van der Waals surface area contributed by atoms with E-state index in [9.17, 15) is 0 Å². The standard InChI is InChI=1S/C49H42N2/c1-37-10-7-15-47(34-37)50(44-13-5-4-6-14-44)45-30-26-42(27-31-45)24-22-40-18-20-41(21-19-40)23-25-43-28-32-46(33-29-43)51(48-16-8-11-38(2)35-48)49-17-9-12-39(3)36-49/h4-36H,1-3H3. The second-order valence-electron chi connectivity index (χ2n) is 13.0. The van der Waals surface area contributed by atoms with Gasteiger partial charge in [0.25, 0.3) is 0 Å². The smallest absolute Gasteiger partial charge is 0.0464 e. The molecule has 51 heavy (non-hydrogen) atoms. The van der Waals surface area contributed by atoms with Gasteiger partial charge in [0.15, 0.2) is 0 Å². The summed E-state index contributed by atoms with van der Waals surface area (Å²) in [7, 11) is 0. The summed E-state index contributed by atoms with van der Waals surface area (Å²) in [5, 5.41) is 0. The summed E-state index contributed by atoms with van der Waals surface area (Å²) in [5.74, 6) is 0. The Balaban J connectivity index is 1.03. The van der Waals surface area contributed by atoms with E-state index in [1.54, 1.807) is 0 Å². The van der Waals surface area contributed by atoms with Gasteiger partial charge in [-0.15, -0.1) is 0 Å². The summed E-state index contributed by atoms with van der Waals surface area (Å²) in [5.41, 5.74) is 15.2. The molecule has 0 N–H and O–H groups in total. The Hall–Kier alpha value is -6.38. The number of aryl methyl sites for hydroxylation is 3. The third kappa shape index (κ3) is 8.26. The van der Waals surface area contributed by atoms with Gasteiger partial charge in [-0.3, -0.25) is 0 Å². The summed E-state index contributed by atoms with van der Waals surface area (Å²) < 4.78 is 0. The first-order valence-electron chi connectivity index (χ1n) is 17.5. The highest BCUT2D eigenvalue weighted by atomic mass is 15.1. The number of nitrogens with zero attached hydrogens (tertiary/aromatic N) is 2. The van der Waals surface area contributed by atoms with E-state index >= 15 is 0 Å². The first-order chi connectivity index (χ1) is 25.0. The van der Waals surface area contributed by atoms with Gasteiger partial charge in [0, 0.05) is 34.1 Å². The summed E-state index contributed by atoms with van der Waals surface area (Å²) in [6.45, 7) is 6.41. The molecule has 7 rings (SSSR count). The van der Waals surface area contributed by atoms with Crippen molar-refractivity contribution in [3.05, 3.63) is 215 Å². The molecule has 7 aromatic carbocycles. The van der Waals surface area contributed by atoms with Crippen LogP contribution in [0.3, 0.4) is 0 Å². The van der Waals surface area contributed by atoms with Gasteiger partial charge in [-0.25, -0.2) is 0 Å². The fraction of sp³-hybridized carbons (Fsp3) is 0.0612. The van der Waals surface area contributed by atoms with Gasteiger partial charge in [-0.2, -0.15) is 0 Å². The molecule has 0 aliphatic carbocycles. The van der Waals surface area contributed by atoms with Crippen LogP contribution in [-0.4, -0.2) is 0 Å². The maximum absolute atomic E-state index is 2.32. The minimum atomic E-state index is 1.13. The molecule has 0 fully saturated rings. The molecule has 2 heteroatoms. The number of benzene rings is 7. The van der Waals surface area contributed by atoms with Crippen LogP contribution < -0.4 is 9.80 Å². The zero-order valence-corrected chi connectivity index (χ0v) is 29.4. The molecule has 0 saturated heterocycles. The lowest BCUT2D eigenvalue weighted by Crippen LogP contribution is -2.10. The molecule has 0 spiro atoms. The number of hydrogen-bond acceptors (Lipinski definition) is 2. The van der Waals surface area contributed by atoms with Crippen LogP contribution in [0.5, 0.6) is 0 Å². The fourth-order valence-corrected chi connectivity index (χ4v) is 6.34. The molecule has 0 atom stereocenters. The molecule has 248 valence electrons. The van der Waals surface area contributed by atoms with E-state index in [0.717, 1.165) is 45.3 Å². The van der Waals surface area contributed by atoms with Crippen molar-refractivity contribution in [2.45, 2.75) is 20.8 Å². The van der Waals surface area contributed by atoms with Gasteiger partial charge >= 0.3 is 0 Å². The van der Waals surface area contributed by atoms with E-state index in [0.29, 0.717) is 0 Å². The van der Waals surface area contributed by atoms with E-state index in [1.807, 2.05) is 0 Å². The highest BCUT2D eigenvalue weighted by molar-refractivity contribution is 5.80. The molecule has 0 aliphatic heterocycles. The molecule has 0 bridgehead atoms. The summed E-state index contributed by atoms with van der Waals surface area (Å²) >= 11 is 0. The number of para-hydroxylation sites is 1. The van der Waals surface area contributed by atoms with Crippen molar-refractivity contribution in [2.24, 2.45) is 0 Å². The first kappa shape index (κ1) is 33.1. The molecule has 0 aliphatic rings. The lowest BCUT2D eigenvalue weighted by molar-refractivity contribution is 1.26. The van der Waals surface area contributed by atoms with Gasteiger partial charge in [-0.1, -0.05) is 127 Å². The van der Waals surface area contributed by atoms with Gasteiger partial charge in [-0.05, 0) is 133 Å². The maximum atomic E-state index is 2.32. The van der Waals surface area contributed by atoms with Crippen molar-refractivity contribution in [1.29, 1.82) is 0 Å². The molecule has 0 radical (unpaired) electrons. The summed E-state index contributed by atoms with van der Waals surface area (Å²) in [6.07, 6.45) is 8.69. The molecule has 2 nitrogen and oxygen atoms in total. The monoisotopic (exact) mass is 658 g/mol. The molecule has 7 aromatic rings. The summed E-state index contributed by atoms with van der Waals surface area (Å²) in [4.78, 5) is 4.62. The van der Waals surface area contributed by atoms with Crippen molar-refractivity contribution in [1.82, 2.24) is 0 Å². The van der Waals surface area contributed by atoms with Crippen LogP contribution in [0, 0.1) is 20.8 Å². The van der Waals surface area contributed by atoms with E-state index in [4.69, 9.17) is 0 Å². The number of rotatable bonds is 10. The largest absolute Gasteiger partial charge is 0.310 e. The average Bonchev–Trinajstić information content (AvgIpc) is 3.15. The molecule has 0 heterocycles. The third-order valence-electron chi connectivity index (χ3n) is 8.97. The topological polar surface area (TPSA) is 6.48 Å². The Bertz CT molecular complexity index is 2220. The molecular weight excluding hydrogens is 617 g/mol. The fourth-order valence-electron chi connectivity index (χ4n) is 6.34. The van der Waals surface area contributed by atoms with E-state index < -0.39 is 0 Å². The van der Waals surface area contributed by atoms with Crippen LogP contribution in [0.25, 0.3) is 24.3 Å². The van der Waals surface area contributed by atoms with E-state index in [1.165, 1.54) is 27.8 Å². The molecular formula is C49H42N2. The second kappa shape index (κ2) is 15.4. The minimum Gasteiger partial charge on any atom is -0.310 e. The molecule has 0 unspecified atom stereocenters. The zero-order chi connectivity index (χ0) is 35.0. The second-order valence-corrected chi connectivity index (χ2v) is 13.0. The molecule has 0 saturated carbocycles. The Labute approximate surface area is 302 Å². The van der Waals surface area contributed by atoms with Crippen LogP contribution in [-0.2, 0) is 0 Å². The Morgan fingerprint density at radius 1 is 0.275 bits per heavy atom. The highest BCUT2D eigenvalue weighted by Crippen LogP contribution is 2.36. The maximum Gasteiger partial charge on any atom is 0.0464 e. The number of hydrogen-bond donors (Lipinski definition) is 0. The van der Waals surface area contributed by atoms with Crippen LogP contribution in [0.4, 0.5) is 34.1 Å². The van der Waals surface area contributed by atoms with E-state index in [-0.39, 0.29) is 0 Å². The van der Waals surface area contributed by atoms with Crippen molar-refractivity contribution in [3.8, 4) is 0 Å². The molecule has 0 amide bonds. The third-order valence-corrected chi connectivity index (χ3v) is 8.97. The lowest BCUT2D eigenvalue weighted by atomic mass is 10.1. The average molecular weight is 659 g/mol. The van der Waals surface area contributed by atoms with Gasteiger partial charge in [0.1, 0.15) is 0 Å². The van der Waals surface area contributed by atoms with Crippen molar-refractivity contribution in [2.75, 3.05) is 9.80 Å². The first-order valence-corrected chi connectivity index (χ1v) is 17.5. The van der Waals surface area contributed by atoms with Crippen molar-refractivity contribution in [3.63, 3.8) is 0 Å². The van der Waals surface area contributed by atoms with Crippen LogP contribution >= 0.6 is 0 Å². The van der Waals surface area contributed by atoms with Crippen LogP contribution in [0.1, 0.15) is 38.9 Å².